The molecular weight excluding hydrogens is 417 g/mol. The second kappa shape index (κ2) is 9.33. The van der Waals surface area contributed by atoms with Crippen molar-refractivity contribution < 1.29 is 23.6 Å². The number of carbonyl (C=O) groups is 4. The van der Waals surface area contributed by atoms with Crippen molar-refractivity contribution >= 4 is 29.8 Å². The average molecular weight is 445 g/mol. The smallest absolute Gasteiger partial charge is 0.261 e. The standard InChI is InChI=1S/C22H28FN5O4/c1-14-8-17(23)19(27-6-4-26(5-7-27)12-15-10-24-11-15)9-16(14)22(32)28(13-29)18-2-3-20(30)25-21(18)31/h8-9,13,15,18,24H,2-7,10-12H2,1H3,(H,25,30,31). The summed E-state index contributed by atoms with van der Waals surface area (Å²) in [7, 11) is 0. The highest BCUT2D eigenvalue weighted by atomic mass is 19.1. The highest BCUT2D eigenvalue weighted by molar-refractivity contribution is 6.07. The monoisotopic (exact) mass is 445 g/mol. The molecule has 3 aliphatic rings. The number of amides is 4. The van der Waals surface area contributed by atoms with Crippen LogP contribution in [0.3, 0.4) is 0 Å². The van der Waals surface area contributed by atoms with Crippen LogP contribution in [0.1, 0.15) is 28.8 Å². The number of halogens is 1. The molecule has 3 fully saturated rings. The van der Waals surface area contributed by atoms with Crippen LogP contribution >= 0.6 is 0 Å². The summed E-state index contributed by atoms with van der Waals surface area (Å²) in [4.78, 5) is 53.5. The summed E-state index contributed by atoms with van der Waals surface area (Å²) >= 11 is 0. The quantitative estimate of drug-likeness (QED) is 0.465. The number of piperidine rings is 1. The fourth-order valence-electron chi connectivity index (χ4n) is 4.50. The van der Waals surface area contributed by atoms with Crippen molar-refractivity contribution in [3.63, 3.8) is 0 Å². The molecule has 0 radical (unpaired) electrons. The molecule has 1 aromatic carbocycles. The van der Waals surface area contributed by atoms with Crippen LogP contribution in [-0.2, 0) is 14.4 Å². The molecule has 0 aromatic heterocycles. The zero-order valence-corrected chi connectivity index (χ0v) is 18.1. The molecule has 0 aliphatic carbocycles. The lowest BCUT2D eigenvalue weighted by molar-refractivity contribution is -0.139. The molecular formula is C22H28FN5O4. The van der Waals surface area contributed by atoms with E-state index in [1.54, 1.807) is 6.92 Å². The van der Waals surface area contributed by atoms with E-state index in [1.165, 1.54) is 12.1 Å². The van der Waals surface area contributed by atoms with E-state index in [9.17, 15) is 23.6 Å². The Kier molecular flexibility index (Phi) is 6.52. The van der Waals surface area contributed by atoms with Crippen LogP contribution < -0.4 is 15.5 Å². The molecule has 32 heavy (non-hydrogen) atoms. The van der Waals surface area contributed by atoms with Crippen molar-refractivity contribution in [2.45, 2.75) is 25.8 Å². The molecule has 3 saturated heterocycles. The van der Waals surface area contributed by atoms with Gasteiger partial charge < -0.3 is 10.2 Å². The Bertz CT molecular complexity index is 927. The van der Waals surface area contributed by atoms with Gasteiger partial charge in [0.15, 0.2) is 0 Å². The molecule has 172 valence electrons. The number of benzene rings is 1. The maximum atomic E-state index is 14.8. The van der Waals surface area contributed by atoms with E-state index in [4.69, 9.17) is 0 Å². The van der Waals surface area contributed by atoms with Gasteiger partial charge in [0.25, 0.3) is 5.91 Å². The lowest BCUT2D eigenvalue weighted by Crippen LogP contribution is -2.54. The summed E-state index contributed by atoms with van der Waals surface area (Å²) in [5, 5.41) is 5.42. The minimum absolute atomic E-state index is 0.0445. The first kappa shape index (κ1) is 22.3. The number of nitrogens with zero attached hydrogens (tertiary/aromatic N) is 3. The zero-order chi connectivity index (χ0) is 22.8. The van der Waals surface area contributed by atoms with Crippen LogP contribution in [0.4, 0.5) is 10.1 Å². The summed E-state index contributed by atoms with van der Waals surface area (Å²) in [5.41, 5.74) is 0.866. The van der Waals surface area contributed by atoms with Crippen LogP contribution in [-0.4, -0.2) is 85.8 Å². The van der Waals surface area contributed by atoms with Crippen molar-refractivity contribution in [3.8, 4) is 0 Å². The van der Waals surface area contributed by atoms with Gasteiger partial charge >= 0.3 is 0 Å². The van der Waals surface area contributed by atoms with Crippen LogP contribution in [0.15, 0.2) is 12.1 Å². The number of carbonyl (C=O) groups excluding carboxylic acids is 4. The minimum Gasteiger partial charge on any atom is -0.367 e. The molecule has 10 heteroatoms. The second-order valence-corrected chi connectivity index (χ2v) is 8.72. The molecule has 0 spiro atoms. The largest absolute Gasteiger partial charge is 0.367 e. The van der Waals surface area contributed by atoms with Crippen LogP contribution in [0.2, 0.25) is 0 Å². The van der Waals surface area contributed by atoms with E-state index in [0.717, 1.165) is 37.6 Å². The third kappa shape index (κ3) is 4.51. The van der Waals surface area contributed by atoms with Crippen molar-refractivity contribution in [2.75, 3.05) is 50.7 Å². The third-order valence-electron chi connectivity index (χ3n) is 6.51. The molecule has 1 unspecified atom stereocenters. The predicted molar refractivity (Wildman–Crippen MR) is 115 cm³/mol. The highest BCUT2D eigenvalue weighted by Gasteiger charge is 2.36. The molecule has 0 bridgehead atoms. The number of hydrogen-bond acceptors (Lipinski definition) is 7. The van der Waals surface area contributed by atoms with E-state index in [0.29, 0.717) is 36.7 Å². The van der Waals surface area contributed by atoms with Gasteiger partial charge in [-0.2, -0.15) is 0 Å². The van der Waals surface area contributed by atoms with Gasteiger partial charge in [0, 0.05) is 57.8 Å². The fraction of sp³-hybridized carbons (Fsp3) is 0.545. The average Bonchev–Trinajstić information content (AvgIpc) is 2.73. The number of anilines is 1. The molecule has 4 amide bonds. The maximum absolute atomic E-state index is 14.8. The SMILES string of the molecule is Cc1cc(F)c(N2CCN(CC3CNC3)CC2)cc1C(=O)N(C=O)C1CCC(=O)NC1=O. The minimum atomic E-state index is -1.06. The Balaban J connectivity index is 1.50. The van der Waals surface area contributed by atoms with Crippen LogP contribution in [0, 0.1) is 18.7 Å². The van der Waals surface area contributed by atoms with Gasteiger partial charge in [-0.15, -0.1) is 0 Å². The van der Waals surface area contributed by atoms with Gasteiger partial charge in [0.2, 0.25) is 18.2 Å². The van der Waals surface area contributed by atoms with Crippen molar-refractivity contribution in [1.29, 1.82) is 0 Å². The summed E-state index contributed by atoms with van der Waals surface area (Å²) in [5.74, 6) is -1.54. The van der Waals surface area contributed by atoms with Gasteiger partial charge in [0.1, 0.15) is 11.9 Å². The van der Waals surface area contributed by atoms with E-state index >= 15 is 0 Å². The zero-order valence-electron chi connectivity index (χ0n) is 18.1. The third-order valence-corrected chi connectivity index (χ3v) is 6.51. The Labute approximate surface area is 185 Å². The summed E-state index contributed by atoms with van der Waals surface area (Å²) < 4.78 is 14.8. The Morgan fingerprint density at radius 2 is 1.94 bits per heavy atom. The maximum Gasteiger partial charge on any atom is 0.261 e. The topological polar surface area (TPSA) is 102 Å². The lowest BCUT2D eigenvalue weighted by atomic mass is 10.0. The molecule has 1 aromatic rings. The van der Waals surface area contributed by atoms with Gasteiger partial charge in [0.05, 0.1) is 5.69 Å². The number of hydrogen-bond donors (Lipinski definition) is 2. The summed E-state index contributed by atoms with van der Waals surface area (Å²) in [6, 6.07) is 1.71. The Hall–Kier alpha value is -2.85. The van der Waals surface area contributed by atoms with E-state index < -0.39 is 29.6 Å². The van der Waals surface area contributed by atoms with E-state index in [1.807, 2.05) is 4.90 Å². The van der Waals surface area contributed by atoms with Crippen LogP contribution in [0.5, 0.6) is 0 Å². The number of rotatable bonds is 6. The molecule has 3 heterocycles. The van der Waals surface area contributed by atoms with Gasteiger partial charge in [-0.1, -0.05) is 0 Å². The molecule has 3 aliphatic heterocycles. The van der Waals surface area contributed by atoms with Crippen LogP contribution in [0.25, 0.3) is 0 Å². The van der Waals surface area contributed by atoms with E-state index in [2.05, 4.69) is 15.5 Å². The molecule has 4 rings (SSSR count). The fourth-order valence-corrected chi connectivity index (χ4v) is 4.50. The number of piperazine rings is 1. The van der Waals surface area contributed by atoms with Crippen molar-refractivity contribution in [3.05, 3.63) is 29.1 Å². The van der Waals surface area contributed by atoms with Gasteiger partial charge in [-0.05, 0) is 37.0 Å². The highest BCUT2D eigenvalue weighted by Crippen LogP contribution is 2.27. The lowest BCUT2D eigenvalue weighted by Gasteiger charge is -2.39. The number of imide groups is 2. The molecule has 0 saturated carbocycles. The van der Waals surface area contributed by atoms with E-state index in [-0.39, 0.29) is 18.4 Å². The summed E-state index contributed by atoms with van der Waals surface area (Å²) in [6.07, 6.45) is 0.419. The molecule has 2 N–H and O–H groups in total. The van der Waals surface area contributed by atoms with Gasteiger partial charge in [-0.25, -0.2) is 4.39 Å². The normalized spacial score (nSPS) is 22.3. The molecule has 1 atom stereocenters. The number of aryl methyl sites for hydroxylation is 1. The van der Waals surface area contributed by atoms with Gasteiger partial charge in [-0.3, -0.25) is 34.3 Å². The first-order valence-electron chi connectivity index (χ1n) is 11.0. The van der Waals surface area contributed by atoms with Crippen molar-refractivity contribution in [2.24, 2.45) is 5.92 Å². The Morgan fingerprint density at radius 3 is 2.53 bits per heavy atom. The Morgan fingerprint density at radius 1 is 1.22 bits per heavy atom. The molecule has 9 nitrogen and oxygen atoms in total. The first-order chi connectivity index (χ1) is 15.4. The predicted octanol–water partition coefficient (Wildman–Crippen LogP) is -0.121. The van der Waals surface area contributed by atoms with Crippen molar-refractivity contribution in [1.82, 2.24) is 20.4 Å². The first-order valence-corrected chi connectivity index (χ1v) is 11.0. The second-order valence-electron chi connectivity index (χ2n) is 8.72. The number of nitrogens with one attached hydrogen (secondary N) is 2. The summed E-state index contributed by atoms with van der Waals surface area (Å²) in [6.45, 7) is 7.60.